The van der Waals surface area contributed by atoms with Gasteiger partial charge in [-0.1, -0.05) is 52.0 Å². The van der Waals surface area contributed by atoms with Gasteiger partial charge >= 0.3 is 11.9 Å². The molecule has 604 valence electrons. The Labute approximate surface area is 657 Å². The number of ketones is 2. The largest absolute Gasteiger partial charge is 0.494 e. The zero-order valence-electron chi connectivity index (χ0n) is 65.4. The minimum atomic E-state index is -3.84. The van der Waals surface area contributed by atoms with Gasteiger partial charge in [-0.3, -0.25) is 47.8 Å². The minimum Gasteiger partial charge on any atom is -0.494 e. The zero-order chi connectivity index (χ0) is 78.7. The molecule has 26 heteroatoms. The van der Waals surface area contributed by atoms with Crippen molar-refractivity contribution in [2.75, 3.05) is 26.3 Å². The molecule has 4 aromatic rings. The van der Waals surface area contributed by atoms with Crippen LogP contribution in [0, 0.1) is 81.8 Å². The van der Waals surface area contributed by atoms with Crippen molar-refractivity contribution in [3.8, 4) is 23.3 Å². The number of allylic oxidation sites excluding steroid dienone is 4. The summed E-state index contributed by atoms with van der Waals surface area (Å²) in [6.45, 7) is 13.4. The van der Waals surface area contributed by atoms with Gasteiger partial charge in [-0.25, -0.2) is 26.8 Å². The lowest BCUT2D eigenvalue weighted by Crippen LogP contribution is -2.47. The van der Waals surface area contributed by atoms with Gasteiger partial charge in [0.25, 0.3) is 0 Å². The normalized spacial score (nSPS) is 35.0. The van der Waals surface area contributed by atoms with Gasteiger partial charge in [0, 0.05) is 48.8 Å². The first-order valence-corrected chi connectivity index (χ1v) is 44.6. The van der Waals surface area contributed by atoms with Crippen LogP contribution in [-0.2, 0) is 67.9 Å². The molecule has 0 spiro atoms. The van der Waals surface area contributed by atoms with Gasteiger partial charge in [-0.05, 0) is 248 Å². The molecule has 2 unspecified atom stereocenters. The molecule has 6 heterocycles. The van der Waals surface area contributed by atoms with Crippen LogP contribution in [0.1, 0.15) is 196 Å². The lowest BCUT2D eigenvalue weighted by molar-refractivity contribution is -0.155. The molecule has 10 fully saturated rings. The van der Waals surface area contributed by atoms with Crippen LogP contribution in [0.4, 0.5) is 0 Å². The number of aromatic nitrogens is 2. The third kappa shape index (κ3) is 17.8. The van der Waals surface area contributed by atoms with Crippen molar-refractivity contribution >= 4 is 88.7 Å². The number of fused-ring (bicyclic) bond motifs is 8. The molecule has 4 aliphatic heterocycles. The van der Waals surface area contributed by atoms with Crippen molar-refractivity contribution in [1.82, 2.24) is 29.2 Å². The number of carbonyl (C=O) groups is 8. The lowest BCUT2D eigenvalue weighted by atomic mass is 9.82. The van der Waals surface area contributed by atoms with Crippen LogP contribution in [0.25, 0.3) is 21.5 Å². The average molecular weight is 1580 g/mol. The highest BCUT2D eigenvalue weighted by Gasteiger charge is 2.64. The van der Waals surface area contributed by atoms with E-state index in [1.54, 1.807) is 22.2 Å². The summed E-state index contributed by atoms with van der Waals surface area (Å²) in [6.07, 6.45) is 22.8. The topological polar surface area (TPSA) is 317 Å². The molecular weight excluding hydrogens is 1470 g/mol. The molecule has 0 radical (unpaired) electrons. The highest BCUT2D eigenvalue weighted by Crippen LogP contribution is 2.60. The number of pyridine rings is 2. The van der Waals surface area contributed by atoms with Gasteiger partial charge in [-0.2, -0.15) is 0 Å². The van der Waals surface area contributed by atoms with Gasteiger partial charge in [0.05, 0.1) is 84.4 Å². The fourth-order valence-corrected chi connectivity index (χ4v) is 22.4. The Morgan fingerprint density at radius 3 is 1.27 bits per heavy atom. The minimum absolute atomic E-state index is 0.0815. The van der Waals surface area contributed by atoms with Crippen molar-refractivity contribution in [2.45, 2.75) is 243 Å². The van der Waals surface area contributed by atoms with Crippen LogP contribution in [0.2, 0.25) is 0 Å². The number of benzene rings is 2. The highest BCUT2D eigenvalue weighted by atomic mass is 32.2. The molecule has 24 nitrogen and oxygen atoms in total. The maximum atomic E-state index is 15.0. The van der Waals surface area contributed by atoms with Gasteiger partial charge in [-0.15, -0.1) is 0 Å². The first-order valence-electron chi connectivity index (χ1n) is 41.5. The van der Waals surface area contributed by atoms with Crippen LogP contribution in [0.3, 0.4) is 0 Å². The summed E-state index contributed by atoms with van der Waals surface area (Å²) in [5.41, 5.74) is -2.47. The van der Waals surface area contributed by atoms with Gasteiger partial charge in [0.1, 0.15) is 35.9 Å². The summed E-state index contributed by atoms with van der Waals surface area (Å²) >= 11 is 0. The summed E-state index contributed by atoms with van der Waals surface area (Å²) in [5, 5.41) is 2.06. The molecule has 2 N–H and O–H groups in total. The van der Waals surface area contributed by atoms with E-state index in [0.717, 1.165) is 72.9 Å². The molecule has 12 aliphatic rings. The zero-order valence-corrected chi connectivity index (χ0v) is 67.0. The summed E-state index contributed by atoms with van der Waals surface area (Å²) < 4.78 is 92.8. The second kappa shape index (κ2) is 32.4. The van der Waals surface area contributed by atoms with E-state index in [9.17, 15) is 55.2 Å². The van der Waals surface area contributed by atoms with Crippen molar-refractivity contribution < 1.29 is 83.6 Å². The van der Waals surface area contributed by atoms with E-state index < -0.39 is 89.3 Å². The van der Waals surface area contributed by atoms with Crippen molar-refractivity contribution in [1.29, 1.82) is 0 Å². The average Bonchev–Trinajstić information content (AvgIpc) is 1.57. The van der Waals surface area contributed by atoms with Crippen LogP contribution < -0.4 is 28.4 Å². The number of nitrogens with zero attached hydrogens (tertiary/aromatic N) is 4. The van der Waals surface area contributed by atoms with E-state index in [-0.39, 0.29) is 135 Å². The number of esters is 2. The van der Waals surface area contributed by atoms with Crippen LogP contribution in [0.5, 0.6) is 23.3 Å². The maximum absolute atomic E-state index is 15.0. The van der Waals surface area contributed by atoms with E-state index in [1.165, 1.54) is 12.8 Å². The third-order valence-electron chi connectivity index (χ3n) is 26.7. The second-order valence-electron chi connectivity index (χ2n) is 35.3. The number of hydrogen-bond acceptors (Lipinski definition) is 20. The second-order valence-corrected chi connectivity index (χ2v) is 39.3. The molecule has 8 saturated carbocycles. The van der Waals surface area contributed by atoms with Crippen LogP contribution in [0.15, 0.2) is 85.2 Å². The Hall–Kier alpha value is -8.00. The Kier molecular flexibility index (Phi) is 22.9. The number of carbonyl (C=O) groups excluding carboxylic acids is 8. The predicted molar refractivity (Wildman–Crippen MR) is 416 cm³/mol. The van der Waals surface area contributed by atoms with Crippen molar-refractivity contribution in [2.24, 2.45) is 81.8 Å². The predicted octanol–water partition coefficient (Wildman–Crippen LogP) is 11.8. The fourth-order valence-electron chi connectivity index (χ4n) is 19.6. The third-order valence-corrected chi connectivity index (χ3v) is 30.3. The molecule has 2 aromatic heterocycles. The molecule has 2 saturated heterocycles. The lowest BCUT2D eigenvalue weighted by Gasteiger charge is -2.32. The smallest absolute Gasteiger partial charge is 0.306 e. The molecule has 16 rings (SSSR count). The maximum Gasteiger partial charge on any atom is 0.306 e. The van der Waals surface area contributed by atoms with E-state index in [4.69, 9.17) is 28.4 Å². The standard InChI is InChI=1S/2C43H55N3O9S/c2*1-4-53-31-9-12-35-27(17-31)13-14-44-40(35)55-33-20-37-38(47)23-43(42(50)45-56(51,52)34-10-11-34)22-30(43)8-6-5-7-25(2)15-26(3)36(41(49)46(37)24-33)21-39(48)54-32-18-28-16-29(28)19-32/h2*6,8-9,12-14,17,25-26,28-30,32-34,36-37H,4-5,7,10-11,15-16,18-24H2,1-3H3,(H,45,50)/b2*8-6-/t25-,26+,28-,29+,30+,32?,33+,36-,37-,43+;25-,26-,28-,29+,30-,32?,33-,36+,37+,43-/m01/s1. The molecule has 0 bridgehead atoms. The number of sulfonamides is 2. The van der Waals surface area contributed by atoms with Gasteiger partial charge in [0.15, 0.2) is 11.6 Å². The van der Waals surface area contributed by atoms with Crippen LogP contribution in [-0.4, -0.2) is 157 Å². The van der Waals surface area contributed by atoms with E-state index in [1.807, 2.05) is 101 Å². The Bertz CT molecular complexity index is 4300. The number of hydrogen-bond donors (Lipinski definition) is 2. The molecular formula is C86H110N6O18S2. The SMILES string of the molecule is CCOc1ccc2c(O[C@@H]3C[C@H]4C(=O)C[C@]5(C(=O)NS(=O)(=O)C6CC6)C[C@H]5/C=C\CC[C@@H](C)C[C@@H](C)[C@H](CC(=O)OC5C[C@@H]6C[C@@H]6C5)C(=O)N4C3)nccc2c1.CCOc1ccc2c(O[C@@H]3C[C@H]4C(=O)C[C@]5(C(=O)NS(=O)(=O)C6CC6)C[C@H]5/C=C\CC[C@H](C)C[C@@H](C)[C@H](CC(=O)OC5C[C@@H]6C[C@@H]6C5)C(=O)N4C3)nccc2c1. The summed E-state index contributed by atoms with van der Waals surface area (Å²) in [5.74, 6) is -0.543. The van der Waals surface area contributed by atoms with Gasteiger partial charge in [0.2, 0.25) is 55.4 Å². The van der Waals surface area contributed by atoms with Gasteiger partial charge < -0.3 is 38.2 Å². The van der Waals surface area contributed by atoms with Crippen LogP contribution >= 0.6 is 0 Å². The summed E-state index contributed by atoms with van der Waals surface area (Å²) in [6, 6.07) is 13.1. The number of ether oxygens (including phenoxy) is 6. The van der Waals surface area contributed by atoms with E-state index >= 15 is 0 Å². The number of Topliss-reactive ketones (excluding diaryl/α,β-unsaturated/α-hetero) is 2. The number of amides is 4. The van der Waals surface area contributed by atoms with Crippen molar-refractivity contribution in [3.05, 3.63) is 85.2 Å². The van der Waals surface area contributed by atoms with Crippen molar-refractivity contribution in [3.63, 3.8) is 0 Å². The van der Waals surface area contributed by atoms with E-state index in [0.29, 0.717) is 112 Å². The first kappa shape index (κ1) is 79.2. The van der Waals surface area contributed by atoms with E-state index in [2.05, 4.69) is 33.3 Å². The monoisotopic (exact) mass is 1580 g/mol. The molecule has 8 aliphatic carbocycles. The first-order chi connectivity index (χ1) is 53.7. The molecule has 112 heavy (non-hydrogen) atoms. The Morgan fingerprint density at radius 2 is 0.893 bits per heavy atom. The number of rotatable bonds is 20. The summed E-state index contributed by atoms with van der Waals surface area (Å²) in [7, 11) is -7.69. The Balaban J connectivity index is 0.000000177. The molecule has 20 atom stereocenters. The highest BCUT2D eigenvalue weighted by molar-refractivity contribution is 7.91. The number of nitrogens with one attached hydrogen (secondary N) is 2. The quantitative estimate of drug-likeness (QED) is 0.0613. The Morgan fingerprint density at radius 1 is 0.500 bits per heavy atom. The fraction of sp³-hybridized carbons (Fsp3) is 0.651. The molecule has 2 aromatic carbocycles. The summed E-state index contributed by atoms with van der Waals surface area (Å²) in [4.78, 5) is 126. The molecule has 4 amide bonds.